The van der Waals surface area contributed by atoms with Crippen LogP contribution in [0.4, 0.5) is 0 Å². The molecule has 0 aliphatic heterocycles. The maximum absolute atomic E-state index is 7.71. The van der Waals surface area contributed by atoms with E-state index in [1.165, 1.54) is 0 Å². The molecule has 0 radical (unpaired) electrons. The van der Waals surface area contributed by atoms with Gasteiger partial charge in [-0.1, -0.05) is 47.5 Å². The van der Waals surface area contributed by atoms with Crippen LogP contribution in [0.15, 0.2) is 54.9 Å². The zero-order valence-corrected chi connectivity index (χ0v) is 14.3. The van der Waals surface area contributed by atoms with E-state index in [0.717, 1.165) is 22.5 Å². The Balaban J connectivity index is 1.87. The molecule has 0 saturated heterocycles. The van der Waals surface area contributed by atoms with Crippen molar-refractivity contribution in [2.24, 2.45) is 5.73 Å². The maximum Gasteiger partial charge on any atom is 0.123 e. The van der Waals surface area contributed by atoms with Crippen LogP contribution in [0.1, 0.15) is 22.5 Å². The standard InChI is InChI=1S/C18H16Cl2N4/c19-14-7-12(8-15(20)10-14)9-17-23-5-6-24(17)11-13-3-1-2-4-16(13)18(21)22/h1-8,10H,9,11H2,(H3,21,22). The molecule has 0 unspecified atom stereocenters. The molecule has 0 atom stereocenters. The molecule has 2 aromatic carbocycles. The minimum Gasteiger partial charge on any atom is -0.384 e. The highest BCUT2D eigenvalue weighted by Gasteiger charge is 2.10. The number of hydrogen-bond donors (Lipinski definition) is 2. The summed E-state index contributed by atoms with van der Waals surface area (Å²) in [6.45, 7) is 0.597. The third kappa shape index (κ3) is 3.78. The zero-order valence-electron chi connectivity index (χ0n) is 12.8. The van der Waals surface area contributed by atoms with Crippen molar-refractivity contribution < 1.29 is 0 Å². The summed E-state index contributed by atoms with van der Waals surface area (Å²) in [5, 5.41) is 8.93. The van der Waals surface area contributed by atoms with Gasteiger partial charge < -0.3 is 10.3 Å². The third-order valence-corrected chi connectivity index (χ3v) is 4.17. The van der Waals surface area contributed by atoms with Crippen LogP contribution in [-0.2, 0) is 13.0 Å². The molecule has 0 spiro atoms. The Bertz CT molecular complexity index is 866. The van der Waals surface area contributed by atoms with Crippen molar-refractivity contribution in [1.82, 2.24) is 9.55 Å². The van der Waals surface area contributed by atoms with E-state index < -0.39 is 0 Å². The van der Waals surface area contributed by atoms with Crippen molar-refractivity contribution in [1.29, 1.82) is 5.41 Å². The van der Waals surface area contributed by atoms with Crippen LogP contribution in [0.25, 0.3) is 0 Å². The van der Waals surface area contributed by atoms with Gasteiger partial charge in [-0.3, -0.25) is 5.41 Å². The fraction of sp³-hybridized carbons (Fsp3) is 0.111. The lowest BCUT2D eigenvalue weighted by Gasteiger charge is -2.12. The molecule has 0 saturated carbocycles. The summed E-state index contributed by atoms with van der Waals surface area (Å²) in [6.07, 6.45) is 4.30. The summed E-state index contributed by atoms with van der Waals surface area (Å²) in [4.78, 5) is 4.43. The molecule has 4 nitrogen and oxygen atoms in total. The first-order valence-electron chi connectivity index (χ1n) is 7.40. The van der Waals surface area contributed by atoms with E-state index in [1.807, 2.05) is 47.2 Å². The van der Waals surface area contributed by atoms with Gasteiger partial charge in [0.2, 0.25) is 0 Å². The number of halogens is 2. The van der Waals surface area contributed by atoms with Crippen LogP contribution < -0.4 is 5.73 Å². The topological polar surface area (TPSA) is 67.7 Å². The molecule has 0 amide bonds. The number of nitrogen functional groups attached to an aromatic ring is 1. The largest absolute Gasteiger partial charge is 0.384 e. The van der Waals surface area contributed by atoms with E-state index >= 15 is 0 Å². The second kappa shape index (κ2) is 7.07. The Morgan fingerprint density at radius 2 is 1.83 bits per heavy atom. The fourth-order valence-corrected chi connectivity index (χ4v) is 3.22. The van der Waals surface area contributed by atoms with Gasteiger partial charge in [-0.2, -0.15) is 0 Å². The predicted octanol–water partition coefficient (Wildman–Crippen LogP) is 4.11. The number of rotatable bonds is 5. The molecule has 24 heavy (non-hydrogen) atoms. The Kier molecular flexibility index (Phi) is 4.88. The van der Waals surface area contributed by atoms with Gasteiger partial charge in [-0.15, -0.1) is 0 Å². The van der Waals surface area contributed by atoms with Gasteiger partial charge in [0.15, 0.2) is 0 Å². The van der Waals surface area contributed by atoms with Crippen LogP contribution in [0.5, 0.6) is 0 Å². The SMILES string of the molecule is N=C(N)c1ccccc1Cn1ccnc1Cc1cc(Cl)cc(Cl)c1. The summed E-state index contributed by atoms with van der Waals surface area (Å²) in [6, 6.07) is 13.1. The fourth-order valence-electron chi connectivity index (χ4n) is 2.65. The van der Waals surface area contributed by atoms with Crippen LogP contribution in [0.3, 0.4) is 0 Å². The Hall–Kier alpha value is -2.30. The number of nitrogens with one attached hydrogen (secondary N) is 1. The lowest BCUT2D eigenvalue weighted by molar-refractivity contribution is 0.739. The van der Waals surface area contributed by atoms with Crippen molar-refractivity contribution in [2.45, 2.75) is 13.0 Å². The van der Waals surface area contributed by atoms with Gasteiger partial charge in [0.1, 0.15) is 11.7 Å². The maximum atomic E-state index is 7.71. The molecule has 1 heterocycles. The third-order valence-electron chi connectivity index (χ3n) is 3.73. The summed E-state index contributed by atoms with van der Waals surface area (Å²) in [5.74, 6) is 0.959. The van der Waals surface area contributed by atoms with E-state index in [2.05, 4.69) is 4.98 Å². The number of nitrogens with two attached hydrogens (primary N) is 1. The molecule has 1 aromatic heterocycles. The van der Waals surface area contributed by atoms with Gasteiger partial charge in [0.25, 0.3) is 0 Å². The second-order valence-corrected chi connectivity index (χ2v) is 6.37. The van der Waals surface area contributed by atoms with Gasteiger partial charge in [-0.25, -0.2) is 4.98 Å². The van der Waals surface area contributed by atoms with E-state index in [1.54, 1.807) is 12.3 Å². The van der Waals surface area contributed by atoms with Gasteiger partial charge in [0, 0.05) is 41.0 Å². The molecule has 6 heteroatoms. The van der Waals surface area contributed by atoms with Crippen LogP contribution >= 0.6 is 23.2 Å². The summed E-state index contributed by atoms with van der Waals surface area (Å²) >= 11 is 12.1. The average molecular weight is 359 g/mol. The number of nitrogens with zero attached hydrogens (tertiary/aromatic N) is 2. The average Bonchev–Trinajstić information content (AvgIpc) is 2.93. The Morgan fingerprint density at radius 3 is 2.54 bits per heavy atom. The predicted molar refractivity (Wildman–Crippen MR) is 98.1 cm³/mol. The molecular formula is C18H16Cl2N4. The number of amidine groups is 1. The summed E-state index contributed by atoms with van der Waals surface area (Å²) in [5.41, 5.74) is 8.39. The first-order valence-corrected chi connectivity index (χ1v) is 8.16. The highest BCUT2D eigenvalue weighted by molar-refractivity contribution is 6.34. The molecule has 3 N–H and O–H groups in total. The molecular weight excluding hydrogens is 343 g/mol. The molecule has 3 aromatic rings. The first kappa shape index (κ1) is 16.6. The highest BCUT2D eigenvalue weighted by Crippen LogP contribution is 2.21. The van der Waals surface area contributed by atoms with E-state index in [9.17, 15) is 0 Å². The lowest BCUT2D eigenvalue weighted by Crippen LogP contribution is -2.15. The van der Waals surface area contributed by atoms with Crippen molar-refractivity contribution in [3.8, 4) is 0 Å². The van der Waals surface area contributed by atoms with E-state index in [0.29, 0.717) is 23.0 Å². The molecule has 0 aliphatic rings. The van der Waals surface area contributed by atoms with E-state index in [-0.39, 0.29) is 5.84 Å². The van der Waals surface area contributed by atoms with Crippen LogP contribution in [-0.4, -0.2) is 15.4 Å². The van der Waals surface area contributed by atoms with Crippen molar-refractivity contribution in [2.75, 3.05) is 0 Å². The molecule has 122 valence electrons. The zero-order chi connectivity index (χ0) is 17.1. The molecule has 0 fully saturated rings. The van der Waals surface area contributed by atoms with Gasteiger partial charge in [0.05, 0.1) is 0 Å². The number of hydrogen-bond acceptors (Lipinski definition) is 2. The monoisotopic (exact) mass is 358 g/mol. The van der Waals surface area contributed by atoms with Crippen molar-refractivity contribution >= 4 is 29.0 Å². The number of aromatic nitrogens is 2. The Labute approximate surface area is 150 Å². The minimum absolute atomic E-state index is 0.0638. The first-order chi connectivity index (χ1) is 11.5. The molecule has 0 aliphatic carbocycles. The van der Waals surface area contributed by atoms with Crippen LogP contribution in [0, 0.1) is 5.41 Å². The smallest absolute Gasteiger partial charge is 0.123 e. The van der Waals surface area contributed by atoms with Crippen LogP contribution in [0.2, 0.25) is 10.0 Å². The Morgan fingerprint density at radius 1 is 1.12 bits per heavy atom. The minimum atomic E-state index is 0.0638. The summed E-state index contributed by atoms with van der Waals surface area (Å²) in [7, 11) is 0. The lowest BCUT2D eigenvalue weighted by atomic mass is 10.1. The quantitative estimate of drug-likeness (QED) is 0.532. The number of benzene rings is 2. The van der Waals surface area contributed by atoms with Crippen molar-refractivity contribution in [3.63, 3.8) is 0 Å². The summed E-state index contributed by atoms with van der Waals surface area (Å²) < 4.78 is 2.04. The van der Waals surface area contributed by atoms with Gasteiger partial charge in [-0.05, 0) is 29.3 Å². The second-order valence-electron chi connectivity index (χ2n) is 5.50. The normalized spacial score (nSPS) is 10.8. The van der Waals surface area contributed by atoms with Crippen molar-refractivity contribution in [3.05, 3.63) is 87.4 Å². The number of imidazole rings is 1. The molecule has 0 bridgehead atoms. The van der Waals surface area contributed by atoms with E-state index in [4.69, 9.17) is 34.3 Å². The highest BCUT2D eigenvalue weighted by atomic mass is 35.5. The molecule has 3 rings (SSSR count). The van der Waals surface area contributed by atoms with Gasteiger partial charge >= 0.3 is 0 Å².